The van der Waals surface area contributed by atoms with Crippen molar-refractivity contribution >= 4 is 12.1 Å². The Kier molecular flexibility index (Phi) is 2.86. The molecule has 1 rings (SSSR count). The molecule has 0 aliphatic heterocycles. The molecule has 0 radical (unpaired) electrons. The van der Waals surface area contributed by atoms with Gasteiger partial charge in [0.05, 0.1) is 6.21 Å². The van der Waals surface area contributed by atoms with Crippen LogP contribution in [0.15, 0.2) is 34.6 Å². The Bertz CT molecular complexity index is 330. The topological polar surface area (TPSA) is 91.2 Å². The molecule has 68 valence electrons. The lowest BCUT2D eigenvalue weighted by Crippen LogP contribution is -2.12. The number of nitrogens with zero attached hydrogens (tertiary/aromatic N) is 2. The van der Waals surface area contributed by atoms with Crippen molar-refractivity contribution in [3.05, 3.63) is 35.4 Å². The minimum absolute atomic E-state index is 0.0486. The Balaban J connectivity index is 2.93. The highest BCUT2D eigenvalue weighted by Gasteiger charge is 1.97. The second-order valence-electron chi connectivity index (χ2n) is 2.35. The van der Waals surface area contributed by atoms with E-state index in [2.05, 4.69) is 10.3 Å². The van der Waals surface area contributed by atoms with Gasteiger partial charge in [-0.3, -0.25) is 0 Å². The van der Waals surface area contributed by atoms with E-state index < -0.39 is 0 Å². The summed E-state index contributed by atoms with van der Waals surface area (Å²) in [6.45, 7) is 0. The predicted octanol–water partition coefficient (Wildman–Crippen LogP) is 0.589. The predicted molar refractivity (Wildman–Crippen MR) is 48.3 cm³/mol. The summed E-state index contributed by atoms with van der Waals surface area (Å²) in [4.78, 5) is 0. The van der Waals surface area contributed by atoms with Gasteiger partial charge in [-0.05, 0) is 5.56 Å². The highest BCUT2D eigenvalue weighted by molar-refractivity contribution is 5.97. The molecule has 0 saturated carbocycles. The van der Waals surface area contributed by atoms with E-state index in [-0.39, 0.29) is 5.84 Å². The number of benzene rings is 1. The van der Waals surface area contributed by atoms with Crippen LogP contribution in [0, 0.1) is 0 Å². The maximum absolute atomic E-state index is 8.36. The molecule has 13 heavy (non-hydrogen) atoms. The van der Waals surface area contributed by atoms with Crippen molar-refractivity contribution in [2.24, 2.45) is 16.0 Å². The maximum Gasteiger partial charge on any atom is 0.170 e. The van der Waals surface area contributed by atoms with Crippen LogP contribution in [0.3, 0.4) is 0 Å². The molecule has 0 heterocycles. The number of oxime groups is 2. The van der Waals surface area contributed by atoms with E-state index in [0.29, 0.717) is 5.56 Å². The molecular weight excluding hydrogens is 170 g/mol. The Labute approximate surface area is 74.8 Å². The van der Waals surface area contributed by atoms with Crippen LogP contribution in [0.2, 0.25) is 0 Å². The van der Waals surface area contributed by atoms with Crippen molar-refractivity contribution in [2.45, 2.75) is 0 Å². The lowest BCUT2D eigenvalue weighted by Gasteiger charge is -1.97. The number of rotatable bonds is 2. The van der Waals surface area contributed by atoms with E-state index in [1.807, 2.05) is 0 Å². The van der Waals surface area contributed by atoms with Crippen molar-refractivity contribution in [3.8, 4) is 0 Å². The van der Waals surface area contributed by atoms with Crippen molar-refractivity contribution in [1.29, 1.82) is 0 Å². The van der Waals surface area contributed by atoms with Gasteiger partial charge in [-0.25, -0.2) is 0 Å². The second kappa shape index (κ2) is 4.10. The molecule has 0 atom stereocenters. The van der Waals surface area contributed by atoms with Gasteiger partial charge >= 0.3 is 0 Å². The van der Waals surface area contributed by atoms with Gasteiger partial charge in [0.1, 0.15) is 0 Å². The quantitative estimate of drug-likeness (QED) is 0.268. The third kappa shape index (κ3) is 2.19. The van der Waals surface area contributed by atoms with Gasteiger partial charge in [-0.1, -0.05) is 34.6 Å². The zero-order chi connectivity index (χ0) is 9.68. The molecule has 1 aromatic rings. The van der Waals surface area contributed by atoms with Crippen molar-refractivity contribution < 1.29 is 10.4 Å². The third-order valence-electron chi connectivity index (χ3n) is 1.52. The summed E-state index contributed by atoms with van der Waals surface area (Å²) in [5, 5.41) is 22.3. The number of nitrogens with two attached hydrogens (primary N) is 1. The molecule has 0 aliphatic rings. The summed E-state index contributed by atoms with van der Waals surface area (Å²) in [5.41, 5.74) is 6.68. The van der Waals surface area contributed by atoms with Gasteiger partial charge in [-0.15, -0.1) is 0 Å². The molecule has 0 bridgehead atoms. The van der Waals surface area contributed by atoms with Crippen LogP contribution < -0.4 is 5.73 Å². The molecule has 0 fully saturated rings. The zero-order valence-electron chi connectivity index (χ0n) is 6.75. The first-order valence-corrected chi connectivity index (χ1v) is 3.53. The number of hydrogen-bond acceptors (Lipinski definition) is 4. The first kappa shape index (κ1) is 9.05. The minimum Gasteiger partial charge on any atom is -0.411 e. The van der Waals surface area contributed by atoms with Gasteiger partial charge in [0.25, 0.3) is 0 Å². The fourth-order valence-electron chi connectivity index (χ4n) is 0.864. The smallest absolute Gasteiger partial charge is 0.170 e. The fourth-order valence-corrected chi connectivity index (χ4v) is 0.864. The van der Waals surface area contributed by atoms with E-state index in [4.69, 9.17) is 16.1 Å². The number of amidine groups is 1. The van der Waals surface area contributed by atoms with E-state index in [0.717, 1.165) is 5.56 Å². The Morgan fingerprint density at radius 1 is 1.23 bits per heavy atom. The van der Waals surface area contributed by atoms with Crippen LogP contribution >= 0.6 is 0 Å². The molecular formula is C8H9N3O2. The maximum atomic E-state index is 8.36. The van der Waals surface area contributed by atoms with Crippen molar-refractivity contribution in [2.75, 3.05) is 0 Å². The van der Waals surface area contributed by atoms with Crippen LogP contribution in [0.25, 0.3) is 0 Å². The molecule has 0 aliphatic carbocycles. The van der Waals surface area contributed by atoms with Crippen LogP contribution in [0.1, 0.15) is 11.1 Å². The Morgan fingerprint density at radius 3 is 2.31 bits per heavy atom. The number of hydrogen-bond donors (Lipinski definition) is 3. The Morgan fingerprint density at radius 2 is 1.85 bits per heavy atom. The van der Waals surface area contributed by atoms with Crippen LogP contribution in [0.4, 0.5) is 0 Å². The summed E-state index contributed by atoms with van der Waals surface area (Å²) in [6, 6.07) is 6.69. The van der Waals surface area contributed by atoms with Crippen LogP contribution in [-0.4, -0.2) is 22.5 Å². The molecule has 0 amide bonds. The monoisotopic (exact) mass is 179 g/mol. The molecule has 1 aromatic carbocycles. The molecule has 0 spiro atoms. The first-order valence-electron chi connectivity index (χ1n) is 3.53. The summed E-state index contributed by atoms with van der Waals surface area (Å²) in [7, 11) is 0. The van der Waals surface area contributed by atoms with Gasteiger partial charge in [-0.2, -0.15) is 0 Å². The van der Waals surface area contributed by atoms with E-state index in [9.17, 15) is 0 Å². The summed E-state index contributed by atoms with van der Waals surface area (Å²) in [5.74, 6) is 0.0486. The lowest BCUT2D eigenvalue weighted by atomic mass is 10.1. The molecule has 4 N–H and O–H groups in total. The Hall–Kier alpha value is -2.04. The molecule has 0 unspecified atom stereocenters. The second-order valence-corrected chi connectivity index (χ2v) is 2.35. The first-order chi connectivity index (χ1) is 6.27. The normalized spacial score (nSPS) is 12.2. The minimum atomic E-state index is 0.0486. The van der Waals surface area contributed by atoms with Crippen LogP contribution in [-0.2, 0) is 0 Å². The van der Waals surface area contributed by atoms with Gasteiger partial charge < -0.3 is 16.1 Å². The SMILES string of the molecule is NC(=NO)c1ccc(C=NO)cc1. The molecule has 5 nitrogen and oxygen atoms in total. The average molecular weight is 179 g/mol. The summed E-state index contributed by atoms with van der Waals surface area (Å²) >= 11 is 0. The van der Waals surface area contributed by atoms with Crippen molar-refractivity contribution in [1.82, 2.24) is 0 Å². The van der Waals surface area contributed by atoms with E-state index in [1.54, 1.807) is 24.3 Å². The molecule has 0 saturated heterocycles. The summed E-state index contributed by atoms with van der Waals surface area (Å²) in [6.07, 6.45) is 1.29. The zero-order valence-corrected chi connectivity index (χ0v) is 6.75. The third-order valence-corrected chi connectivity index (χ3v) is 1.52. The highest BCUT2D eigenvalue weighted by atomic mass is 16.4. The lowest BCUT2D eigenvalue weighted by molar-refractivity contribution is 0.318. The average Bonchev–Trinajstić information content (AvgIpc) is 2.18. The largest absolute Gasteiger partial charge is 0.411 e. The van der Waals surface area contributed by atoms with Gasteiger partial charge in [0, 0.05) is 5.56 Å². The molecule has 5 heteroatoms. The summed E-state index contributed by atoms with van der Waals surface area (Å²) < 4.78 is 0. The van der Waals surface area contributed by atoms with Gasteiger partial charge in [0.2, 0.25) is 0 Å². The fraction of sp³-hybridized carbons (Fsp3) is 0. The highest BCUT2D eigenvalue weighted by Crippen LogP contribution is 2.01. The van der Waals surface area contributed by atoms with Crippen LogP contribution in [0.5, 0.6) is 0 Å². The van der Waals surface area contributed by atoms with E-state index in [1.165, 1.54) is 6.21 Å². The van der Waals surface area contributed by atoms with E-state index >= 15 is 0 Å². The van der Waals surface area contributed by atoms with Gasteiger partial charge in [0.15, 0.2) is 5.84 Å². The molecule has 0 aromatic heterocycles. The standard InChI is InChI=1S/C8H9N3O2/c9-8(11-13)7-3-1-6(2-4-7)5-10-12/h1-5,12-13H,(H2,9,11). The van der Waals surface area contributed by atoms with Crippen molar-refractivity contribution in [3.63, 3.8) is 0 Å².